The van der Waals surface area contributed by atoms with Gasteiger partial charge in [0.05, 0.1) is 9.88 Å². The van der Waals surface area contributed by atoms with Crippen LogP contribution in [0.4, 0.5) is 13.2 Å². The van der Waals surface area contributed by atoms with E-state index in [1.165, 1.54) is 11.3 Å². The molecule has 1 saturated carbocycles. The number of nitrogens with one attached hydrogen (secondary N) is 1. The Morgan fingerprint density at radius 2 is 1.89 bits per heavy atom. The van der Waals surface area contributed by atoms with Gasteiger partial charge in [-0.05, 0) is 25.8 Å². The van der Waals surface area contributed by atoms with Crippen molar-refractivity contribution < 1.29 is 13.2 Å². The fourth-order valence-corrected chi connectivity index (χ4v) is 3.82. The van der Waals surface area contributed by atoms with Gasteiger partial charge in [-0.1, -0.05) is 19.8 Å². The lowest BCUT2D eigenvalue weighted by atomic mass is 9.83. The second-order valence-electron chi connectivity index (χ2n) is 5.31. The lowest BCUT2D eigenvalue weighted by Gasteiger charge is -2.24. The molecule has 2 rings (SSSR count). The Bertz CT molecular complexity index is 420. The third-order valence-corrected chi connectivity index (χ3v) is 4.90. The highest BCUT2D eigenvalue weighted by atomic mass is 32.1. The average Bonchev–Trinajstić information content (AvgIpc) is 2.74. The van der Waals surface area contributed by atoms with Crippen molar-refractivity contribution in [2.75, 3.05) is 7.05 Å². The highest BCUT2D eigenvalue weighted by Crippen LogP contribution is 2.41. The van der Waals surface area contributed by atoms with E-state index < -0.39 is 11.9 Å². The van der Waals surface area contributed by atoms with Crippen molar-refractivity contribution in [1.29, 1.82) is 0 Å². The molecular formula is C13H19F3N2S. The first kappa shape index (κ1) is 14.8. The van der Waals surface area contributed by atoms with Crippen molar-refractivity contribution in [3.8, 4) is 0 Å². The molecule has 0 spiro atoms. The molecule has 1 aliphatic carbocycles. The molecule has 0 aliphatic heterocycles. The van der Waals surface area contributed by atoms with E-state index in [9.17, 15) is 13.2 Å². The van der Waals surface area contributed by atoms with Crippen molar-refractivity contribution >= 4 is 11.3 Å². The van der Waals surface area contributed by atoms with Gasteiger partial charge in [0.25, 0.3) is 0 Å². The van der Waals surface area contributed by atoms with Gasteiger partial charge in [-0.15, -0.1) is 11.3 Å². The minimum atomic E-state index is -4.34. The van der Waals surface area contributed by atoms with E-state index in [1.807, 2.05) is 0 Å². The fraction of sp³-hybridized carbons (Fsp3) is 0.769. The van der Waals surface area contributed by atoms with Gasteiger partial charge in [0.2, 0.25) is 0 Å². The number of nitrogens with zero attached hydrogens (tertiary/aromatic N) is 1. The predicted octanol–water partition coefficient (Wildman–Crippen LogP) is 4.18. The summed E-state index contributed by atoms with van der Waals surface area (Å²) in [4.78, 5) is 4.21. The van der Waals surface area contributed by atoms with Crippen LogP contribution in [0.25, 0.3) is 0 Å². The van der Waals surface area contributed by atoms with Crippen LogP contribution in [-0.2, 0) is 12.7 Å². The maximum Gasteiger partial charge on any atom is 0.434 e. The molecule has 0 radical (unpaired) electrons. The van der Waals surface area contributed by atoms with Gasteiger partial charge in [0, 0.05) is 12.5 Å². The van der Waals surface area contributed by atoms with Crippen molar-refractivity contribution in [2.24, 2.45) is 5.92 Å². The molecule has 1 fully saturated rings. The van der Waals surface area contributed by atoms with E-state index in [-0.39, 0.29) is 12.5 Å². The highest BCUT2D eigenvalue weighted by molar-refractivity contribution is 7.11. The smallest absolute Gasteiger partial charge is 0.315 e. The molecule has 1 heterocycles. The number of aromatic nitrogens is 1. The number of hydrogen-bond acceptors (Lipinski definition) is 3. The summed E-state index contributed by atoms with van der Waals surface area (Å²) in [6, 6.07) is 0. The fourth-order valence-electron chi connectivity index (χ4n) is 2.55. The van der Waals surface area contributed by atoms with E-state index in [0.717, 1.165) is 25.7 Å². The molecule has 0 aromatic carbocycles. The summed E-state index contributed by atoms with van der Waals surface area (Å²) in [7, 11) is 1.65. The number of hydrogen-bond donors (Lipinski definition) is 1. The number of halogens is 3. The number of rotatable bonds is 3. The second-order valence-corrected chi connectivity index (χ2v) is 6.42. The van der Waals surface area contributed by atoms with E-state index in [0.29, 0.717) is 15.8 Å². The van der Waals surface area contributed by atoms with Crippen LogP contribution >= 0.6 is 11.3 Å². The van der Waals surface area contributed by atoms with Gasteiger partial charge in [-0.25, -0.2) is 4.98 Å². The van der Waals surface area contributed by atoms with Gasteiger partial charge in [0.15, 0.2) is 5.69 Å². The third-order valence-electron chi connectivity index (χ3n) is 3.68. The van der Waals surface area contributed by atoms with Crippen LogP contribution in [0.15, 0.2) is 0 Å². The minimum absolute atomic E-state index is 0.216. The molecule has 0 amide bonds. The summed E-state index contributed by atoms with van der Waals surface area (Å²) in [6.07, 6.45) is -0.237. The van der Waals surface area contributed by atoms with Crippen molar-refractivity contribution in [3.05, 3.63) is 15.6 Å². The average molecular weight is 292 g/mol. The molecule has 1 aliphatic rings. The molecule has 2 nitrogen and oxygen atoms in total. The van der Waals surface area contributed by atoms with Crippen molar-refractivity contribution in [1.82, 2.24) is 10.3 Å². The highest BCUT2D eigenvalue weighted by Gasteiger charge is 2.38. The molecule has 108 valence electrons. The van der Waals surface area contributed by atoms with Crippen molar-refractivity contribution in [3.63, 3.8) is 0 Å². The normalized spacial score (nSPS) is 24.7. The summed E-state index contributed by atoms with van der Waals surface area (Å²) < 4.78 is 38.8. The van der Waals surface area contributed by atoms with Crippen LogP contribution in [0, 0.1) is 5.92 Å². The zero-order chi connectivity index (χ0) is 14.0. The van der Waals surface area contributed by atoms with E-state index in [2.05, 4.69) is 17.2 Å². The number of thiazole rings is 1. The molecule has 1 aromatic heterocycles. The second kappa shape index (κ2) is 5.79. The van der Waals surface area contributed by atoms with Gasteiger partial charge in [-0.3, -0.25) is 0 Å². The Labute approximate surface area is 115 Å². The first-order valence-electron chi connectivity index (χ1n) is 6.63. The third kappa shape index (κ3) is 3.48. The molecule has 19 heavy (non-hydrogen) atoms. The van der Waals surface area contributed by atoms with Crippen LogP contribution in [-0.4, -0.2) is 12.0 Å². The molecule has 0 unspecified atom stereocenters. The van der Waals surface area contributed by atoms with E-state index in [1.54, 1.807) is 7.05 Å². The largest absolute Gasteiger partial charge is 0.434 e. The van der Waals surface area contributed by atoms with Crippen LogP contribution < -0.4 is 5.32 Å². The van der Waals surface area contributed by atoms with Crippen LogP contribution in [0.3, 0.4) is 0 Å². The van der Waals surface area contributed by atoms with E-state index >= 15 is 0 Å². The van der Waals surface area contributed by atoms with E-state index in [4.69, 9.17) is 0 Å². The Kier molecular flexibility index (Phi) is 4.50. The zero-order valence-electron chi connectivity index (χ0n) is 11.2. The predicted molar refractivity (Wildman–Crippen MR) is 70.3 cm³/mol. The lowest BCUT2D eigenvalue weighted by molar-refractivity contribution is -0.141. The monoisotopic (exact) mass is 292 g/mol. The Morgan fingerprint density at radius 3 is 2.42 bits per heavy atom. The minimum Gasteiger partial charge on any atom is -0.315 e. The zero-order valence-corrected chi connectivity index (χ0v) is 12.0. The maximum absolute atomic E-state index is 12.9. The number of alkyl halides is 3. The lowest BCUT2D eigenvalue weighted by Crippen LogP contribution is -2.13. The summed E-state index contributed by atoms with van der Waals surface area (Å²) in [5.41, 5.74) is -0.694. The summed E-state index contributed by atoms with van der Waals surface area (Å²) in [5, 5.41) is 3.46. The van der Waals surface area contributed by atoms with Gasteiger partial charge >= 0.3 is 6.18 Å². The molecule has 0 saturated heterocycles. The maximum atomic E-state index is 12.9. The molecule has 0 bridgehead atoms. The first-order valence-corrected chi connectivity index (χ1v) is 7.45. The topological polar surface area (TPSA) is 24.9 Å². The summed E-state index contributed by atoms with van der Waals surface area (Å²) in [6.45, 7) is 2.43. The summed E-state index contributed by atoms with van der Waals surface area (Å²) in [5.74, 6) is 0.906. The van der Waals surface area contributed by atoms with Crippen LogP contribution in [0.2, 0.25) is 0 Å². The SMILES string of the molecule is CNCc1sc(C2CCC(C)CC2)nc1C(F)(F)F. The van der Waals surface area contributed by atoms with Crippen molar-refractivity contribution in [2.45, 2.75) is 51.2 Å². The Balaban J connectivity index is 2.22. The summed E-state index contributed by atoms with van der Waals surface area (Å²) >= 11 is 1.23. The molecular weight excluding hydrogens is 273 g/mol. The van der Waals surface area contributed by atoms with Gasteiger partial charge in [-0.2, -0.15) is 13.2 Å². The van der Waals surface area contributed by atoms with Gasteiger partial charge < -0.3 is 5.32 Å². The Morgan fingerprint density at radius 1 is 1.26 bits per heavy atom. The standard InChI is InChI=1S/C13H19F3N2S/c1-8-3-5-9(6-4-8)12-18-11(13(14,15)16)10(19-12)7-17-2/h8-9,17H,3-7H2,1-2H3. The first-order chi connectivity index (χ1) is 8.91. The molecule has 1 aromatic rings. The van der Waals surface area contributed by atoms with Gasteiger partial charge in [0.1, 0.15) is 0 Å². The molecule has 6 heteroatoms. The van der Waals surface area contributed by atoms with Crippen LogP contribution in [0.5, 0.6) is 0 Å². The quantitative estimate of drug-likeness (QED) is 0.904. The Hall–Kier alpha value is -0.620. The molecule has 0 atom stereocenters. The van der Waals surface area contributed by atoms with Crippen LogP contribution in [0.1, 0.15) is 54.1 Å². The molecule has 1 N–H and O–H groups in total.